The molecule has 2 heterocycles. The quantitative estimate of drug-likeness (QED) is 0.596. The molecule has 0 aliphatic carbocycles. The van der Waals surface area contributed by atoms with Crippen molar-refractivity contribution in [3.05, 3.63) is 48.5 Å². The Morgan fingerprint density at radius 1 is 1.42 bits per heavy atom. The zero-order chi connectivity index (χ0) is 13.6. The highest BCUT2D eigenvalue weighted by Gasteiger charge is 2.10. The van der Waals surface area contributed by atoms with E-state index in [4.69, 9.17) is 23.8 Å². The van der Waals surface area contributed by atoms with Crippen molar-refractivity contribution in [1.82, 2.24) is 9.55 Å². The molecule has 3 aromatic rings. The molecule has 0 aliphatic rings. The van der Waals surface area contributed by atoms with Crippen molar-refractivity contribution in [3.8, 4) is 0 Å². The molecule has 7 heteroatoms. The van der Waals surface area contributed by atoms with E-state index in [1.807, 2.05) is 16.0 Å². The number of thiophene rings is 1. The van der Waals surface area contributed by atoms with Gasteiger partial charge in [0.25, 0.3) is 0 Å². The summed E-state index contributed by atoms with van der Waals surface area (Å²) < 4.78 is 16.9. The molecule has 0 atom stereocenters. The zero-order valence-electron chi connectivity index (χ0n) is 9.41. The van der Waals surface area contributed by atoms with Gasteiger partial charge in [0.15, 0.2) is 4.77 Å². The lowest BCUT2D eigenvalue weighted by molar-refractivity contribution is 0.629. The third-order valence-corrected chi connectivity index (χ3v) is 5.05. The topological polar surface area (TPSA) is 20.7 Å². The zero-order valence-corrected chi connectivity index (χ0v) is 13.4. The molecule has 0 radical (unpaired) electrons. The van der Waals surface area contributed by atoms with Crippen molar-refractivity contribution >= 4 is 62.1 Å². The van der Waals surface area contributed by atoms with Gasteiger partial charge in [-0.1, -0.05) is 11.6 Å². The highest BCUT2D eigenvalue weighted by atomic mass is 79.9. The molecule has 3 rings (SSSR count). The summed E-state index contributed by atoms with van der Waals surface area (Å²) in [7, 11) is 0. The second kappa shape index (κ2) is 5.01. The molecule has 0 fully saturated rings. The maximum absolute atomic E-state index is 13.4. The Morgan fingerprint density at radius 2 is 2.21 bits per heavy atom. The van der Waals surface area contributed by atoms with E-state index in [2.05, 4.69) is 20.9 Å². The van der Waals surface area contributed by atoms with Crippen LogP contribution in [0.5, 0.6) is 0 Å². The van der Waals surface area contributed by atoms with Crippen LogP contribution in [0.4, 0.5) is 4.39 Å². The first-order chi connectivity index (χ1) is 9.04. The summed E-state index contributed by atoms with van der Waals surface area (Å²) in [4.78, 5) is 4.15. The molecule has 0 saturated heterocycles. The smallest absolute Gasteiger partial charge is 0.178 e. The monoisotopic (exact) mass is 376 g/mol. The van der Waals surface area contributed by atoms with Crippen LogP contribution in [0.1, 0.15) is 4.88 Å². The standard InChI is InChI=1S/C12H7BrClFN2S2/c13-6-1-7(19-5-6)4-17-11-2-8(14)9(15)3-10(11)16-12(17)18/h1-3,5H,4H2,(H,16,18). The van der Waals surface area contributed by atoms with Crippen LogP contribution < -0.4 is 0 Å². The van der Waals surface area contributed by atoms with E-state index in [-0.39, 0.29) is 5.02 Å². The van der Waals surface area contributed by atoms with E-state index in [0.717, 1.165) is 14.9 Å². The van der Waals surface area contributed by atoms with E-state index in [1.54, 1.807) is 17.4 Å². The lowest BCUT2D eigenvalue weighted by Gasteiger charge is -2.03. The van der Waals surface area contributed by atoms with Crippen LogP contribution in [-0.2, 0) is 6.54 Å². The molecule has 2 nitrogen and oxygen atoms in total. The van der Waals surface area contributed by atoms with E-state index >= 15 is 0 Å². The molecule has 0 saturated carbocycles. The van der Waals surface area contributed by atoms with Crippen molar-refractivity contribution in [3.63, 3.8) is 0 Å². The molecule has 0 bridgehead atoms. The predicted molar refractivity (Wildman–Crippen MR) is 83.2 cm³/mol. The highest BCUT2D eigenvalue weighted by Crippen LogP contribution is 2.26. The summed E-state index contributed by atoms with van der Waals surface area (Å²) in [5, 5.41) is 2.11. The summed E-state index contributed by atoms with van der Waals surface area (Å²) >= 11 is 16.2. The van der Waals surface area contributed by atoms with Gasteiger partial charge in [0.05, 0.1) is 22.6 Å². The summed E-state index contributed by atoms with van der Waals surface area (Å²) in [5.41, 5.74) is 1.46. The number of nitrogens with zero attached hydrogens (tertiary/aromatic N) is 1. The Hall–Kier alpha value is -0.690. The average molecular weight is 378 g/mol. The fourth-order valence-corrected chi connectivity index (χ4v) is 3.77. The highest BCUT2D eigenvalue weighted by molar-refractivity contribution is 9.10. The number of nitrogens with one attached hydrogen (secondary N) is 1. The molecule has 0 spiro atoms. The lowest BCUT2D eigenvalue weighted by Crippen LogP contribution is -1.97. The van der Waals surface area contributed by atoms with Crippen molar-refractivity contribution in [2.45, 2.75) is 6.54 Å². The summed E-state index contributed by atoms with van der Waals surface area (Å²) in [6, 6.07) is 5.01. The Kier molecular flexibility index (Phi) is 3.51. The van der Waals surface area contributed by atoms with Crippen molar-refractivity contribution in [2.75, 3.05) is 0 Å². The van der Waals surface area contributed by atoms with Crippen LogP contribution in [0.2, 0.25) is 5.02 Å². The van der Waals surface area contributed by atoms with Gasteiger partial charge in [-0.25, -0.2) is 4.39 Å². The SMILES string of the molecule is Fc1cc2[nH]c(=S)n(Cc3cc(Br)cs3)c2cc1Cl. The first kappa shape index (κ1) is 13.3. The third kappa shape index (κ3) is 2.50. The lowest BCUT2D eigenvalue weighted by atomic mass is 10.3. The van der Waals surface area contributed by atoms with Crippen LogP contribution in [0, 0.1) is 10.6 Å². The van der Waals surface area contributed by atoms with E-state index in [0.29, 0.717) is 16.8 Å². The van der Waals surface area contributed by atoms with Crippen LogP contribution >= 0.6 is 51.1 Å². The molecular weight excluding hydrogens is 371 g/mol. The normalized spacial score (nSPS) is 11.3. The van der Waals surface area contributed by atoms with E-state index in [9.17, 15) is 4.39 Å². The fourth-order valence-electron chi connectivity index (χ4n) is 1.90. The second-order valence-corrected chi connectivity index (χ2v) is 6.74. The molecule has 0 unspecified atom stereocenters. The second-order valence-electron chi connectivity index (χ2n) is 4.03. The molecule has 2 aromatic heterocycles. The molecule has 1 N–H and O–H groups in total. The minimum atomic E-state index is -0.448. The van der Waals surface area contributed by atoms with Crippen molar-refractivity contribution in [2.24, 2.45) is 0 Å². The van der Waals surface area contributed by atoms with Crippen LogP contribution in [-0.4, -0.2) is 9.55 Å². The fraction of sp³-hybridized carbons (Fsp3) is 0.0833. The molecule has 98 valence electrons. The number of hydrogen-bond acceptors (Lipinski definition) is 2. The van der Waals surface area contributed by atoms with Crippen LogP contribution in [0.25, 0.3) is 11.0 Å². The number of benzene rings is 1. The number of halogens is 3. The number of aromatic nitrogens is 2. The minimum absolute atomic E-state index is 0.0996. The Labute approximate surface area is 131 Å². The van der Waals surface area contributed by atoms with Gasteiger partial charge in [-0.05, 0) is 40.3 Å². The van der Waals surface area contributed by atoms with Crippen LogP contribution in [0.15, 0.2) is 28.1 Å². The predicted octanol–water partition coefficient (Wildman–Crippen LogP) is 5.36. The van der Waals surface area contributed by atoms with Crippen molar-refractivity contribution < 1.29 is 4.39 Å². The van der Waals surface area contributed by atoms with Gasteiger partial charge >= 0.3 is 0 Å². The Bertz CT molecular complexity index is 821. The molecule has 0 amide bonds. The number of aromatic amines is 1. The molecule has 0 aliphatic heterocycles. The summed E-state index contributed by atoms with van der Waals surface area (Å²) in [6.45, 7) is 0.636. The van der Waals surface area contributed by atoms with Gasteiger partial charge in [-0.3, -0.25) is 0 Å². The van der Waals surface area contributed by atoms with Gasteiger partial charge in [0.2, 0.25) is 0 Å². The van der Waals surface area contributed by atoms with E-state index < -0.39 is 5.82 Å². The maximum atomic E-state index is 13.4. The number of hydrogen-bond donors (Lipinski definition) is 1. The largest absolute Gasteiger partial charge is 0.330 e. The Morgan fingerprint density at radius 3 is 2.89 bits per heavy atom. The van der Waals surface area contributed by atoms with Gasteiger partial charge in [-0.2, -0.15) is 0 Å². The summed E-state index contributed by atoms with van der Waals surface area (Å²) in [6.07, 6.45) is 0. The molecular formula is C12H7BrClFN2S2. The van der Waals surface area contributed by atoms with Gasteiger partial charge in [0, 0.05) is 20.8 Å². The first-order valence-electron chi connectivity index (χ1n) is 5.35. The van der Waals surface area contributed by atoms with E-state index in [1.165, 1.54) is 6.07 Å². The number of H-pyrrole nitrogens is 1. The number of imidazole rings is 1. The van der Waals surface area contributed by atoms with Crippen molar-refractivity contribution in [1.29, 1.82) is 0 Å². The number of fused-ring (bicyclic) bond motifs is 1. The minimum Gasteiger partial charge on any atom is -0.330 e. The number of rotatable bonds is 2. The average Bonchev–Trinajstić information content (AvgIpc) is 2.87. The third-order valence-electron chi connectivity index (χ3n) is 2.75. The molecule has 19 heavy (non-hydrogen) atoms. The Balaban J connectivity index is 2.15. The van der Waals surface area contributed by atoms with Gasteiger partial charge in [-0.15, -0.1) is 11.3 Å². The van der Waals surface area contributed by atoms with Gasteiger partial charge < -0.3 is 9.55 Å². The first-order valence-corrected chi connectivity index (χ1v) is 7.81. The maximum Gasteiger partial charge on any atom is 0.178 e. The summed E-state index contributed by atoms with van der Waals surface area (Å²) in [5.74, 6) is -0.448. The van der Waals surface area contributed by atoms with Crippen LogP contribution in [0.3, 0.4) is 0 Å². The van der Waals surface area contributed by atoms with Gasteiger partial charge in [0.1, 0.15) is 5.82 Å². The molecule has 1 aromatic carbocycles.